The Morgan fingerprint density at radius 2 is 2.00 bits per heavy atom. The normalized spacial score (nSPS) is 20.3. The molecule has 10 heteroatoms. The average Bonchev–Trinajstić information content (AvgIpc) is 3.30. The van der Waals surface area contributed by atoms with Crippen LogP contribution in [0.15, 0.2) is 29.4 Å². The number of amides is 2. The number of rotatable bonds is 6. The van der Waals surface area contributed by atoms with Crippen LogP contribution in [0.2, 0.25) is 0 Å². The van der Waals surface area contributed by atoms with Gasteiger partial charge in [0.05, 0.1) is 23.2 Å². The van der Waals surface area contributed by atoms with Crippen molar-refractivity contribution in [3.63, 3.8) is 0 Å². The van der Waals surface area contributed by atoms with Crippen molar-refractivity contribution in [3.05, 3.63) is 34.7 Å². The predicted molar refractivity (Wildman–Crippen MR) is 125 cm³/mol. The summed E-state index contributed by atoms with van der Waals surface area (Å²) in [5.74, 6) is -0.730. The number of hydrazone groups is 1. The Balaban J connectivity index is 1.48. The van der Waals surface area contributed by atoms with Gasteiger partial charge in [0.2, 0.25) is 5.91 Å². The van der Waals surface area contributed by atoms with Crippen molar-refractivity contribution in [3.8, 4) is 11.3 Å². The van der Waals surface area contributed by atoms with Gasteiger partial charge in [-0.3, -0.25) is 14.9 Å². The van der Waals surface area contributed by atoms with Crippen molar-refractivity contribution in [2.75, 3.05) is 16.8 Å². The molecule has 1 aromatic heterocycles. The Morgan fingerprint density at radius 3 is 2.66 bits per heavy atom. The minimum atomic E-state index is -3.16. The van der Waals surface area contributed by atoms with Crippen LogP contribution in [0.4, 0.5) is 5.13 Å². The van der Waals surface area contributed by atoms with E-state index in [0.29, 0.717) is 11.6 Å². The molecular formula is C22H26N4O4S2. The third kappa shape index (κ3) is 4.91. The van der Waals surface area contributed by atoms with Crippen LogP contribution in [0.25, 0.3) is 11.3 Å². The van der Waals surface area contributed by atoms with Crippen LogP contribution in [0, 0.1) is 6.92 Å². The lowest BCUT2D eigenvalue weighted by Crippen LogP contribution is -2.42. The second-order valence-corrected chi connectivity index (χ2v) is 11.6. The molecule has 0 bridgehead atoms. The second kappa shape index (κ2) is 9.11. The first-order valence-corrected chi connectivity index (χ1v) is 13.4. The smallest absolute Gasteiger partial charge is 0.273 e. The molecule has 32 heavy (non-hydrogen) atoms. The van der Waals surface area contributed by atoms with E-state index in [9.17, 15) is 18.0 Å². The Morgan fingerprint density at radius 1 is 1.25 bits per heavy atom. The van der Waals surface area contributed by atoms with Gasteiger partial charge in [-0.2, -0.15) is 5.10 Å². The van der Waals surface area contributed by atoms with Crippen LogP contribution >= 0.6 is 11.3 Å². The molecule has 0 saturated carbocycles. The molecular weight excluding hydrogens is 448 g/mol. The molecule has 1 fully saturated rings. The number of aryl methyl sites for hydroxylation is 2. The Kier molecular flexibility index (Phi) is 6.43. The van der Waals surface area contributed by atoms with Gasteiger partial charge in [0.1, 0.15) is 5.71 Å². The van der Waals surface area contributed by atoms with E-state index in [1.54, 1.807) is 0 Å². The topological polar surface area (TPSA) is 109 Å². The van der Waals surface area contributed by atoms with E-state index >= 15 is 0 Å². The predicted octanol–water partition coefficient (Wildman–Crippen LogP) is 3.18. The zero-order valence-electron chi connectivity index (χ0n) is 18.1. The van der Waals surface area contributed by atoms with Crippen molar-refractivity contribution < 1.29 is 18.0 Å². The highest BCUT2D eigenvalue weighted by atomic mass is 32.2. The van der Waals surface area contributed by atoms with Gasteiger partial charge in [0, 0.05) is 23.3 Å². The van der Waals surface area contributed by atoms with Crippen molar-refractivity contribution in [1.82, 2.24) is 9.99 Å². The third-order valence-corrected chi connectivity index (χ3v) is 8.30. The quantitative estimate of drug-likeness (QED) is 0.692. The number of nitrogens with one attached hydrogen (secondary N) is 1. The summed E-state index contributed by atoms with van der Waals surface area (Å²) in [4.78, 5) is 30.7. The molecule has 2 aromatic rings. The summed E-state index contributed by atoms with van der Waals surface area (Å²) in [5, 5.41) is 8.68. The maximum absolute atomic E-state index is 12.8. The van der Waals surface area contributed by atoms with E-state index in [1.165, 1.54) is 21.9 Å². The molecule has 0 aliphatic carbocycles. The number of aromatic nitrogens is 1. The maximum Gasteiger partial charge on any atom is 0.273 e. The standard InChI is InChI=1S/C22H26N4O4S2/c1-3-4-15-5-7-16(8-6-15)20-14(2)31-22(23-20)24-21(28)18-9-10-19(27)26(25-18)17-11-12-32(29,30)13-17/h5-8,17H,3-4,9-13H2,1-2H3,(H,23,24,28). The molecule has 8 nitrogen and oxygen atoms in total. The molecule has 3 heterocycles. The lowest BCUT2D eigenvalue weighted by Gasteiger charge is -2.27. The molecule has 0 spiro atoms. The second-order valence-electron chi connectivity index (χ2n) is 8.17. The van der Waals surface area contributed by atoms with E-state index in [-0.39, 0.29) is 36.0 Å². The molecule has 2 aliphatic rings. The number of carbonyl (C=O) groups excluding carboxylic acids is 2. The fraction of sp³-hybridized carbons (Fsp3) is 0.455. The van der Waals surface area contributed by atoms with Gasteiger partial charge < -0.3 is 0 Å². The minimum absolute atomic E-state index is 0.0408. The summed E-state index contributed by atoms with van der Waals surface area (Å²) in [5.41, 5.74) is 3.31. The number of carbonyl (C=O) groups is 2. The van der Waals surface area contributed by atoms with Crippen LogP contribution in [-0.2, 0) is 25.8 Å². The fourth-order valence-corrected chi connectivity index (χ4v) is 6.52. The number of anilines is 1. The van der Waals surface area contributed by atoms with E-state index in [4.69, 9.17) is 0 Å². The van der Waals surface area contributed by atoms with Crippen LogP contribution in [0.5, 0.6) is 0 Å². The van der Waals surface area contributed by atoms with Gasteiger partial charge in [-0.05, 0) is 25.3 Å². The zero-order valence-corrected chi connectivity index (χ0v) is 19.8. The van der Waals surface area contributed by atoms with Crippen LogP contribution in [0.3, 0.4) is 0 Å². The summed E-state index contributed by atoms with van der Waals surface area (Å²) in [6.07, 6.45) is 2.82. The Labute approximate surface area is 191 Å². The van der Waals surface area contributed by atoms with Gasteiger partial charge in [-0.15, -0.1) is 11.3 Å². The van der Waals surface area contributed by atoms with Crippen LogP contribution < -0.4 is 5.32 Å². The summed E-state index contributed by atoms with van der Waals surface area (Å²) >= 11 is 1.38. The van der Waals surface area contributed by atoms with Gasteiger partial charge in [0.25, 0.3) is 5.91 Å². The Bertz CT molecular complexity index is 1170. The molecule has 1 saturated heterocycles. The van der Waals surface area contributed by atoms with E-state index in [0.717, 1.165) is 29.0 Å². The number of nitrogens with zero attached hydrogens (tertiary/aromatic N) is 3. The van der Waals surface area contributed by atoms with E-state index in [2.05, 4.69) is 34.5 Å². The average molecular weight is 475 g/mol. The largest absolute Gasteiger partial charge is 0.297 e. The van der Waals surface area contributed by atoms with Crippen LogP contribution in [-0.4, -0.2) is 53.5 Å². The highest BCUT2D eigenvalue weighted by Gasteiger charge is 2.37. The number of sulfone groups is 1. The first-order valence-electron chi connectivity index (χ1n) is 10.7. The fourth-order valence-electron chi connectivity index (χ4n) is 3.99. The van der Waals surface area contributed by atoms with E-state index < -0.39 is 21.8 Å². The molecule has 2 aliphatic heterocycles. The third-order valence-electron chi connectivity index (χ3n) is 5.66. The summed E-state index contributed by atoms with van der Waals surface area (Å²) in [6, 6.07) is 7.79. The first kappa shape index (κ1) is 22.6. The molecule has 4 rings (SSSR count). The van der Waals surface area contributed by atoms with Crippen molar-refractivity contribution in [2.24, 2.45) is 5.10 Å². The lowest BCUT2D eigenvalue weighted by molar-refractivity contribution is -0.133. The first-order chi connectivity index (χ1) is 15.3. The van der Waals surface area contributed by atoms with Gasteiger partial charge in [-0.25, -0.2) is 18.4 Å². The SMILES string of the molecule is CCCc1ccc(-c2nc(NC(=O)C3=NN(C4CCS(=O)(=O)C4)C(=O)CC3)sc2C)cc1. The number of benzene rings is 1. The number of hydrogen-bond acceptors (Lipinski definition) is 7. The van der Waals surface area contributed by atoms with E-state index in [1.807, 2.05) is 19.1 Å². The van der Waals surface area contributed by atoms with Gasteiger partial charge in [-0.1, -0.05) is 37.6 Å². The summed E-state index contributed by atoms with van der Waals surface area (Å²) in [6.45, 7) is 4.11. The van der Waals surface area contributed by atoms with Crippen molar-refractivity contribution in [1.29, 1.82) is 0 Å². The number of thiazole rings is 1. The maximum atomic E-state index is 12.8. The molecule has 0 radical (unpaired) electrons. The molecule has 1 N–H and O–H groups in total. The number of hydrogen-bond donors (Lipinski definition) is 1. The zero-order chi connectivity index (χ0) is 22.9. The minimum Gasteiger partial charge on any atom is -0.297 e. The molecule has 1 atom stereocenters. The van der Waals surface area contributed by atoms with Gasteiger partial charge in [0.15, 0.2) is 15.0 Å². The summed E-state index contributed by atoms with van der Waals surface area (Å²) < 4.78 is 23.6. The van der Waals surface area contributed by atoms with Crippen LogP contribution in [0.1, 0.15) is 43.0 Å². The highest BCUT2D eigenvalue weighted by molar-refractivity contribution is 7.91. The van der Waals surface area contributed by atoms with Gasteiger partial charge >= 0.3 is 0 Å². The van der Waals surface area contributed by atoms with Crippen molar-refractivity contribution in [2.45, 2.75) is 52.0 Å². The molecule has 1 aromatic carbocycles. The highest BCUT2D eigenvalue weighted by Crippen LogP contribution is 2.31. The Hall–Kier alpha value is -2.59. The molecule has 2 amide bonds. The molecule has 1 unspecified atom stereocenters. The monoisotopic (exact) mass is 474 g/mol. The van der Waals surface area contributed by atoms with Crippen molar-refractivity contribution >= 4 is 43.8 Å². The lowest BCUT2D eigenvalue weighted by atomic mass is 10.1. The summed E-state index contributed by atoms with van der Waals surface area (Å²) in [7, 11) is -3.16. The molecule has 170 valence electrons.